The van der Waals surface area contributed by atoms with E-state index in [4.69, 9.17) is 5.73 Å². The van der Waals surface area contributed by atoms with Gasteiger partial charge >= 0.3 is 0 Å². The van der Waals surface area contributed by atoms with Crippen molar-refractivity contribution in [3.8, 4) is 0 Å². The summed E-state index contributed by atoms with van der Waals surface area (Å²) in [5, 5.41) is 0. The summed E-state index contributed by atoms with van der Waals surface area (Å²) < 4.78 is 14.1. The van der Waals surface area contributed by atoms with Gasteiger partial charge in [0.25, 0.3) is 0 Å². The second-order valence-corrected chi connectivity index (χ2v) is 5.47. The van der Waals surface area contributed by atoms with Gasteiger partial charge in [-0.05, 0) is 50.6 Å². The fourth-order valence-corrected chi connectivity index (χ4v) is 2.53. The minimum atomic E-state index is -0.182. The van der Waals surface area contributed by atoms with Gasteiger partial charge in [0, 0.05) is 26.2 Å². The van der Waals surface area contributed by atoms with Gasteiger partial charge in [0.2, 0.25) is 0 Å². The smallest absolute Gasteiger partial charge is 0.146 e. The zero-order chi connectivity index (χ0) is 13.8. The van der Waals surface area contributed by atoms with Gasteiger partial charge in [-0.15, -0.1) is 0 Å². The molecule has 1 heterocycles. The summed E-state index contributed by atoms with van der Waals surface area (Å²) in [5.74, 6) is -0.182. The predicted octanol–water partition coefficient (Wildman–Crippen LogP) is 2.38. The van der Waals surface area contributed by atoms with E-state index in [2.05, 4.69) is 4.90 Å². The zero-order valence-corrected chi connectivity index (χ0v) is 11.9. The minimum absolute atomic E-state index is 0.126. The summed E-state index contributed by atoms with van der Waals surface area (Å²) in [6, 6.07) is 5.17. The van der Waals surface area contributed by atoms with Crippen LogP contribution in [0.2, 0.25) is 0 Å². The topological polar surface area (TPSA) is 32.5 Å². The molecule has 1 aliphatic heterocycles. The molecule has 1 aromatic carbocycles. The molecule has 0 aromatic heterocycles. The molecule has 1 aliphatic rings. The molecule has 0 radical (unpaired) electrons. The molecule has 0 amide bonds. The third kappa shape index (κ3) is 3.67. The minimum Gasteiger partial charge on any atom is -0.371 e. The molecule has 1 aromatic rings. The lowest BCUT2D eigenvalue weighted by Crippen LogP contribution is -2.31. The van der Waals surface area contributed by atoms with Gasteiger partial charge in [-0.1, -0.05) is 6.07 Å². The first-order valence-electron chi connectivity index (χ1n) is 7.06. The number of likely N-dealkylation sites (N-methyl/N-ethyl adjacent to an activating group) is 1. The number of likely N-dealkylation sites (tertiary alicyclic amines) is 1. The van der Waals surface area contributed by atoms with Crippen molar-refractivity contribution in [1.29, 1.82) is 0 Å². The molecular weight excluding hydrogens is 241 g/mol. The lowest BCUT2D eigenvalue weighted by molar-refractivity contribution is 0.346. The third-order valence-corrected chi connectivity index (χ3v) is 3.86. The van der Waals surface area contributed by atoms with Crippen molar-refractivity contribution in [2.24, 2.45) is 5.73 Å². The van der Waals surface area contributed by atoms with Crippen LogP contribution < -0.4 is 10.6 Å². The van der Waals surface area contributed by atoms with Gasteiger partial charge in [0.15, 0.2) is 0 Å². The highest BCUT2D eigenvalue weighted by molar-refractivity contribution is 5.48. The van der Waals surface area contributed by atoms with Gasteiger partial charge in [0.05, 0.1) is 5.69 Å². The molecule has 1 fully saturated rings. The van der Waals surface area contributed by atoms with Crippen LogP contribution >= 0.6 is 0 Å². The maximum atomic E-state index is 14.1. The van der Waals surface area contributed by atoms with Crippen LogP contribution in [0.25, 0.3) is 0 Å². The summed E-state index contributed by atoms with van der Waals surface area (Å²) in [4.78, 5) is 4.42. The molecule has 1 saturated heterocycles. The maximum absolute atomic E-state index is 14.1. The van der Waals surface area contributed by atoms with Crippen LogP contribution in [0.4, 0.5) is 10.1 Å². The largest absolute Gasteiger partial charge is 0.371 e. The van der Waals surface area contributed by atoms with Crippen LogP contribution in [0.3, 0.4) is 0 Å². The fourth-order valence-electron chi connectivity index (χ4n) is 2.53. The van der Waals surface area contributed by atoms with E-state index < -0.39 is 0 Å². The Bertz CT molecular complexity index is 414. The summed E-state index contributed by atoms with van der Waals surface area (Å²) in [6.45, 7) is 6.09. The second kappa shape index (κ2) is 6.35. The molecule has 2 rings (SSSR count). The van der Waals surface area contributed by atoms with E-state index in [0.29, 0.717) is 5.69 Å². The standard InChI is InChI=1S/C15H24FN3/c1-12(17)13-5-6-15(14(16)11-13)18(2)9-10-19-7-3-4-8-19/h5-6,11-12H,3-4,7-10,17H2,1-2H3. The Hall–Kier alpha value is -1.13. The first-order valence-corrected chi connectivity index (χ1v) is 7.06. The monoisotopic (exact) mass is 265 g/mol. The van der Waals surface area contributed by atoms with Gasteiger partial charge in [-0.3, -0.25) is 0 Å². The van der Waals surface area contributed by atoms with Crippen LogP contribution in [0.15, 0.2) is 18.2 Å². The van der Waals surface area contributed by atoms with E-state index >= 15 is 0 Å². The van der Waals surface area contributed by atoms with Crippen LogP contribution in [-0.4, -0.2) is 38.1 Å². The molecule has 0 saturated carbocycles. The third-order valence-electron chi connectivity index (χ3n) is 3.86. The van der Waals surface area contributed by atoms with E-state index in [0.717, 1.165) is 18.7 Å². The van der Waals surface area contributed by atoms with E-state index in [-0.39, 0.29) is 11.9 Å². The number of nitrogens with two attached hydrogens (primary N) is 1. The number of anilines is 1. The Morgan fingerprint density at radius 1 is 1.37 bits per heavy atom. The molecule has 0 spiro atoms. The molecule has 2 N–H and O–H groups in total. The number of benzene rings is 1. The van der Waals surface area contributed by atoms with Crippen molar-refractivity contribution in [3.63, 3.8) is 0 Å². The van der Waals surface area contributed by atoms with Gasteiger partial charge in [-0.25, -0.2) is 4.39 Å². The summed E-state index contributed by atoms with van der Waals surface area (Å²) in [6.07, 6.45) is 2.59. The van der Waals surface area contributed by atoms with Crippen molar-refractivity contribution >= 4 is 5.69 Å². The van der Waals surface area contributed by atoms with E-state index in [1.54, 1.807) is 6.07 Å². The Morgan fingerprint density at radius 2 is 2.05 bits per heavy atom. The molecule has 4 heteroatoms. The highest BCUT2D eigenvalue weighted by atomic mass is 19.1. The quantitative estimate of drug-likeness (QED) is 0.887. The molecule has 106 valence electrons. The van der Waals surface area contributed by atoms with E-state index in [1.165, 1.54) is 25.9 Å². The van der Waals surface area contributed by atoms with Crippen LogP contribution in [0.5, 0.6) is 0 Å². The number of rotatable bonds is 5. The van der Waals surface area contributed by atoms with Crippen LogP contribution in [-0.2, 0) is 0 Å². The van der Waals surface area contributed by atoms with Crippen molar-refractivity contribution in [1.82, 2.24) is 4.90 Å². The first kappa shape index (κ1) is 14.3. The summed E-state index contributed by atoms with van der Waals surface area (Å²) in [7, 11) is 1.94. The molecule has 19 heavy (non-hydrogen) atoms. The van der Waals surface area contributed by atoms with Crippen LogP contribution in [0.1, 0.15) is 31.4 Å². The maximum Gasteiger partial charge on any atom is 0.146 e. The summed E-state index contributed by atoms with van der Waals surface area (Å²) >= 11 is 0. The van der Waals surface area contributed by atoms with E-state index in [9.17, 15) is 4.39 Å². The molecule has 0 bridgehead atoms. The molecule has 0 aliphatic carbocycles. The predicted molar refractivity (Wildman–Crippen MR) is 77.9 cm³/mol. The highest BCUT2D eigenvalue weighted by Crippen LogP contribution is 2.22. The number of halogens is 1. The fraction of sp³-hybridized carbons (Fsp3) is 0.600. The average molecular weight is 265 g/mol. The van der Waals surface area contributed by atoms with Crippen molar-refractivity contribution in [2.75, 3.05) is 38.1 Å². The number of hydrogen-bond acceptors (Lipinski definition) is 3. The number of hydrogen-bond donors (Lipinski definition) is 1. The second-order valence-electron chi connectivity index (χ2n) is 5.47. The van der Waals surface area contributed by atoms with Crippen LogP contribution in [0, 0.1) is 5.82 Å². The SMILES string of the molecule is CC(N)c1ccc(N(C)CCN2CCCC2)c(F)c1. The highest BCUT2D eigenvalue weighted by Gasteiger charge is 2.14. The molecule has 3 nitrogen and oxygen atoms in total. The lowest BCUT2D eigenvalue weighted by atomic mass is 10.1. The van der Waals surface area contributed by atoms with Gasteiger partial charge < -0.3 is 15.5 Å². The number of nitrogens with zero attached hydrogens (tertiary/aromatic N) is 2. The molecule has 1 unspecified atom stereocenters. The Balaban J connectivity index is 1.96. The van der Waals surface area contributed by atoms with Crippen molar-refractivity contribution in [3.05, 3.63) is 29.6 Å². The van der Waals surface area contributed by atoms with Crippen molar-refractivity contribution in [2.45, 2.75) is 25.8 Å². The Labute approximate surface area is 115 Å². The Kier molecular flexibility index (Phi) is 4.77. The van der Waals surface area contributed by atoms with Crippen molar-refractivity contribution < 1.29 is 4.39 Å². The zero-order valence-electron chi connectivity index (χ0n) is 11.9. The normalized spacial score (nSPS) is 17.7. The average Bonchev–Trinajstić information content (AvgIpc) is 2.88. The molecular formula is C15H24FN3. The van der Waals surface area contributed by atoms with Gasteiger partial charge in [-0.2, -0.15) is 0 Å². The first-order chi connectivity index (χ1) is 9.08. The Morgan fingerprint density at radius 3 is 2.63 bits per heavy atom. The lowest BCUT2D eigenvalue weighted by Gasteiger charge is -2.24. The molecule has 1 atom stereocenters. The van der Waals surface area contributed by atoms with E-state index in [1.807, 2.05) is 31.0 Å². The van der Waals surface area contributed by atoms with Gasteiger partial charge in [0.1, 0.15) is 5.82 Å². The summed E-state index contributed by atoms with van der Waals surface area (Å²) in [5.41, 5.74) is 7.26.